The Morgan fingerprint density at radius 1 is 1.20 bits per heavy atom. The number of rotatable bonds is 6. The van der Waals surface area contributed by atoms with E-state index in [4.69, 9.17) is 0 Å². The zero-order valence-corrected chi connectivity index (χ0v) is 12.1. The van der Waals surface area contributed by atoms with Gasteiger partial charge in [0.15, 0.2) is 0 Å². The highest BCUT2D eigenvalue weighted by molar-refractivity contribution is 7.89. The van der Waals surface area contributed by atoms with Crippen molar-refractivity contribution >= 4 is 15.7 Å². The van der Waals surface area contributed by atoms with E-state index in [0.717, 1.165) is 37.8 Å². The van der Waals surface area contributed by atoms with Gasteiger partial charge < -0.3 is 10.4 Å². The molecule has 2 saturated carbocycles. The largest absolute Gasteiger partial charge is 0.388 e. The van der Waals surface area contributed by atoms with Gasteiger partial charge in [-0.1, -0.05) is 0 Å². The minimum absolute atomic E-state index is 0.116. The van der Waals surface area contributed by atoms with Crippen molar-refractivity contribution in [1.82, 2.24) is 4.72 Å². The maximum atomic E-state index is 12.0. The van der Waals surface area contributed by atoms with Crippen LogP contribution in [0, 0.1) is 0 Å². The minimum atomic E-state index is -3.38. The van der Waals surface area contributed by atoms with Gasteiger partial charge in [-0.15, -0.1) is 0 Å². The third-order valence-corrected chi connectivity index (χ3v) is 5.51. The van der Waals surface area contributed by atoms with E-state index in [1.54, 1.807) is 24.3 Å². The predicted molar refractivity (Wildman–Crippen MR) is 77.1 cm³/mol. The van der Waals surface area contributed by atoms with Crippen molar-refractivity contribution in [2.24, 2.45) is 0 Å². The molecule has 110 valence electrons. The second-order valence-electron chi connectivity index (χ2n) is 5.85. The van der Waals surface area contributed by atoms with E-state index in [1.807, 2.05) is 0 Å². The van der Waals surface area contributed by atoms with E-state index >= 15 is 0 Å². The van der Waals surface area contributed by atoms with Crippen LogP contribution < -0.4 is 10.0 Å². The summed E-state index contributed by atoms with van der Waals surface area (Å²) in [5.41, 5.74) is 0.244. The first-order valence-electron chi connectivity index (χ1n) is 7.06. The van der Waals surface area contributed by atoms with E-state index < -0.39 is 15.6 Å². The third kappa shape index (κ3) is 3.13. The van der Waals surface area contributed by atoms with Crippen LogP contribution in [-0.2, 0) is 10.0 Å². The van der Waals surface area contributed by atoms with Crippen molar-refractivity contribution in [3.05, 3.63) is 24.3 Å². The molecule has 6 heteroatoms. The molecular weight excluding hydrogens is 276 g/mol. The molecule has 0 radical (unpaired) electrons. The zero-order chi connectivity index (χ0) is 14.2. The summed E-state index contributed by atoms with van der Waals surface area (Å²) in [6.07, 6.45) is 4.59. The van der Waals surface area contributed by atoms with E-state index in [9.17, 15) is 13.5 Å². The highest BCUT2D eigenvalue weighted by atomic mass is 32.2. The molecular formula is C14H20N2O3S. The highest BCUT2D eigenvalue weighted by Gasteiger charge is 2.34. The van der Waals surface area contributed by atoms with Crippen LogP contribution >= 0.6 is 0 Å². The average Bonchev–Trinajstić information content (AvgIpc) is 3.18. The summed E-state index contributed by atoms with van der Waals surface area (Å²) in [5.74, 6) is 0. The van der Waals surface area contributed by atoms with Crippen molar-refractivity contribution in [3.8, 4) is 0 Å². The maximum absolute atomic E-state index is 12.0. The fraction of sp³-hybridized carbons (Fsp3) is 0.571. The van der Waals surface area contributed by atoms with Crippen LogP contribution in [0.15, 0.2) is 29.2 Å². The maximum Gasteiger partial charge on any atom is 0.240 e. The molecule has 2 aliphatic carbocycles. The molecule has 0 aromatic heterocycles. The molecule has 0 heterocycles. The predicted octanol–water partition coefficient (Wildman–Crippen LogP) is 1.45. The van der Waals surface area contributed by atoms with E-state index in [2.05, 4.69) is 10.0 Å². The molecule has 0 amide bonds. The summed E-state index contributed by atoms with van der Waals surface area (Å²) < 4.78 is 26.6. The van der Waals surface area contributed by atoms with Crippen molar-refractivity contribution < 1.29 is 13.5 Å². The number of aliphatic hydroxyl groups is 1. The van der Waals surface area contributed by atoms with Crippen molar-refractivity contribution in [2.75, 3.05) is 11.9 Å². The molecule has 5 nitrogen and oxygen atoms in total. The third-order valence-electron chi connectivity index (χ3n) is 3.97. The van der Waals surface area contributed by atoms with Crippen LogP contribution in [0.5, 0.6) is 0 Å². The van der Waals surface area contributed by atoms with Crippen LogP contribution in [0.3, 0.4) is 0 Å². The highest BCUT2D eigenvalue weighted by Crippen LogP contribution is 2.31. The topological polar surface area (TPSA) is 78.4 Å². The molecule has 2 aliphatic rings. The lowest BCUT2D eigenvalue weighted by Crippen LogP contribution is -2.43. The second kappa shape index (κ2) is 5.02. The van der Waals surface area contributed by atoms with Crippen LogP contribution in [0.25, 0.3) is 0 Å². The van der Waals surface area contributed by atoms with Gasteiger partial charge in [0.05, 0.1) is 10.5 Å². The molecule has 0 spiro atoms. The number of nitrogens with one attached hydrogen (secondary N) is 2. The summed E-state index contributed by atoms with van der Waals surface area (Å²) in [5, 5.41) is 13.1. The average molecular weight is 296 g/mol. The first-order chi connectivity index (χ1) is 9.47. The lowest BCUT2D eigenvalue weighted by molar-refractivity contribution is -0.0201. The van der Waals surface area contributed by atoms with Crippen LogP contribution in [0.2, 0.25) is 0 Å². The molecule has 0 atom stereocenters. The number of sulfonamides is 1. The summed E-state index contributed by atoms with van der Waals surface area (Å²) in [6, 6.07) is 6.79. The first kappa shape index (κ1) is 13.9. The molecule has 3 N–H and O–H groups in total. The molecule has 1 aromatic rings. The van der Waals surface area contributed by atoms with Crippen LogP contribution in [-0.4, -0.2) is 31.7 Å². The quantitative estimate of drug-likeness (QED) is 0.742. The van der Waals surface area contributed by atoms with Crippen LogP contribution in [0.1, 0.15) is 32.1 Å². The lowest BCUT2D eigenvalue weighted by Gasteiger charge is -2.36. The molecule has 2 fully saturated rings. The molecule has 1 aromatic carbocycles. The summed E-state index contributed by atoms with van der Waals surface area (Å²) in [6.45, 7) is 0.513. The van der Waals surface area contributed by atoms with Crippen molar-refractivity contribution in [2.45, 2.75) is 48.6 Å². The van der Waals surface area contributed by atoms with E-state index in [-0.39, 0.29) is 10.9 Å². The molecule has 0 bridgehead atoms. The Morgan fingerprint density at radius 3 is 2.35 bits per heavy atom. The van der Waals surface area contributed by atoms with Gasteiger partial charge in [-0.25, -0.2) is 13.1 Å². The Balaban J connectivity index is 1.61. The first-order valence-corrected chi connectivity index (χ1v) is 8.54. The van der Waals surface area contributed by atoms with Crippen molar-refractivity contribution in [1.29, 1.82) is 0 Å². The molecule has 3 rings (SSSR count). The Labute approximate surface area is 119 Å². The normalized spacial score (nSPS) is 21.2. The van der Waals surface area contributed by atoms with E-state index in [1.165, 1.54) is 0 Å². The number of hydrogen-bond donors (Lipinski definition) is 3. The Morgan fingerprint density at radius 2 is 1.85 bits per heavy atom. The van der Waals surface area contributed by atoms with Gasteiger partial charge in [0, 0.05) is 18.3 Å². The van der Waals surface area contributed by atoms with Gasteiger partial charge >= 0.3 is 0 Å². The van der Waals surface area contributed by atoms with Gasteiger partial charge in [0.2, 0.25) is 10.0 Å². The monoisotopic (exact) mass is 296 g/mol. The van der Waals surface area contributed by atoms with Crippen molar-refractivity contribution in [3.63, 3.8) is 0 Å². The Kier molecular flexibility index (Phi) is 3.48. The summed E-state index contributed by atoms with van der Waals surface area (Å²) in [7, 11) is -3.38. The fourth-order valence-electron chi connectivity index (χ4n) is 2.27. The van der Waals surface area contributed by atoms with Gasteiger partial charge in [-0.2, -0.15) is 0 Å². The number of anilines is 1. The number of benzene rings is 1. The van der Waals surface area contributed by atoms with Gasteiger partial charge in [-0.05, 0) is 56.4 Å². The second-order valence-corrected chi connectivity index (χ2v) is 7.57. The SMILES string of the molecule is O=S(=O)(NC1CC1)c1ccc(NCC2(O)CCC2)cc1. The molecule has 20 heavy (non-hydrogen) atoms. The Hall–Kier alpha value is -1.11. The smallest absolute Gasteiger partial charge is 0.240 e. The molecule has 0 unspecified atom stereocenters. The summed E-state index contributed by atoms with van der Waals surface area (Å²) in [4.78, 5) is 0.289. The van der Waals surface area contributed by atoms with Gasteiger partial charge in [-0.3, -0.25) is 0 Å². The molecule has 0 aliphatic heterocycles. The van der Waals surface area contributed by atoms with Crippen LogP contribution in [0.4, 0.5) is 5.69 Å². The fourth-order valence-corrected chi connectivity index (χ4v) is 3.57. The zero-order valence-electron chi connectivity index (χ0n) is 11.3. The van der Waals surface area contributed by atoms with Gasteiger partial charge in [0.25, 0.3) is 0 Å². The molecule has 0 saturated heterocycles. The Bertz CT molecular complexity index is 575. The van der Waals surface area contributed by atoms with Gasteiger partial charge in [0.1, 0.15) is 0 Å². The minimum Gasteiger partial charge on any atom is -0.388 e. The number of hydrogen-bond acceptors (Lipinski definition) is 4. The standard InChI is InChI=1S/C14H20N2O3S/c17-14(8-1-9-14)10-15-11-4-6-13(7-5-11)20(18,19)16-12-2-3-12/h4-7,12,15-17H,1-3,8-10H2. The summed E-state index contributed by atoms with van der Waals surface area (Å²) >= 11 is 0. The lowest BCUT2D eigenvalue weighted by atomic mass is 9.80. The van der Waals surface area contributed by atoms with E-state index in [0.29, 0.717) is 6.54 Å².